The van der Waals surface area contributed by atoms with Gasteiger partial charge in [-0.2, -0.15) is 0 Å². The van der Waals surface area contributed by atoms with Crippen molar-refractivity contribution >= 4 is 44.3 Å². The van der Waals surface area contributed by atoms with Crippen LogP contribution in [-0.2, 0) is 6.54 Å². The summed E-state index contributed by atoms with van der Waals surface area (Å²) >= 11 is 5.31. The van der Waals surface area contributed by atoms with Crippen LogP contribution in [0.15, 0.2) is 27.5 Å². The standard InChI is InChI=1S/C15H20BrN5S/c1-15(2,3)8-21-12-5-4-11(13(16)14(12)19-20-21)17-6-10-7-22-9-18-10/h4-5,7,9,17,19-20H,6,8H2,1-3H3. The number of aromatic nitrogens is 1. The monoisotopic (exact) mass is 381 g/mol. The fourth-order valence-electron chi connectivity index (χ4n) is 2.34. The number of nitrogens with one attached hydrogen (secondary N) is 3. The molecule has 0 bridgehead atoms. The van der Waals surface area contributed by atoms with Crippen LogP contribution in [0.3, 0.4) is 0 Å². The second-order valence-electron chi connectivity index (χ2n) is 6.54. The molecule has 1 aliphatic rings. The molecule has 22 heavy (non-hydrogen) atoms. The number of hydrazine groups is 2. The number of rotatable bonds is 4. The summed E-state index contributed by atoms with van der Waals surface area (Å²) in [6.45, 7) is 8.33. The molecule has 0 saturated heterocycles. The van der Waals surface area contributed by atoms with Gasteiger partial charge in [0, 0.05) is 11.9 Å². The van der Waals surface area contributed by atoms with Crippen LogP contribution in [-0.4, -0.2) is 11.5 Å². The van der Waals surface area contributed by atoms with Crippen molar-refractivity contribution in [2.75, 3.05) is 22.3 Å². The summed E-state index contributed by atoms with van der Waals surface area (Å²) in [6, 6.07) is 4.22. The lowest BCUT2D eigenvalue weighted by Crippen LogP contribution is -2.41. The van der Waals surface area contributed by atoms with Gasteiger partial charge in [0.05, 0.1) is 39.3 Å². The van der Waals surface area contributed by atoms with E-state index in [-0.39, 0.29) is 5.41 Å². The molecule has 0 aliphatic carbocycles. The average molecular weight is 382 g/mol. The minimum Gasteiger partial charge on any atom is -0.378 e. The SMILES string of the molecule is CC(C)(C)CN1NNc2c1ccc(NCc1cscn1)c2Br. The summed E-state index contributed by atoms with van der Waals surface area (Å²) in [5, 5.41) is 7.62. The number of hydrogen-bond acceptors (Lipinski definition) is 6. The maximum atomic E-state index is 4.29. The zero-order valence-electron chi connectivity index (χ0n) is 12.9. The minimum atomic E-state index is 0.213. The molecule has 1 aromatic carbocycles. The Hall–Kier alpha value is -1.31. The number of nitrogens with zero attached hydrogens (tertiary/aromatic N) is 2. The average Bonchev–Trinajstić information content (AvgIpc) is 3.07. The van der Waals surface area contributed by atoms with E-state index in [1.165, 1.54) is 0 Å². The van der Waals surface area contributed by atoms with E-state index in [0.717, 1.165) is 40.3 Å². The van der Waals surface area contributed by atoms with Gasteiger partial charge in [0.15, 0.2) is 0 Å². The van der Waals surface area contributed by atoms with Gasteiger partial charge in [-0.1, -0.05) is 20.8 Å². The number of anilines is 3. The van der Waals surface area contributed by atoms with Crippen LogP contribution in [0.2, 0.25) is 0 Å². The normalized spacial score (nSPS) is 13.9. The topological polar surface area (TPSA) is 52.2 Å². The maximum Gasteiger partial charge on any atom is 0.0916 e. The van der Waals surface area contributed by atoms with E-state index in [2.05, 4.69) is 80.5 Å². The van der Waals surface area contributed by atoms with E-state index in [4.69, 9.17) is 0 Å². The van der Waals surface area contributed by atoms with Gasteiger partial charge < -0.3 is 10.7 Å². The summed E-state index contributed by atoms with van der Waals surface area (Å²) in [7, 11) is 0. The Labute approximate surface area is 143 Å². The molecule has 0 saturated carbocycles. The highest BCUT2D eigenvalue weighted by molar-refractivity contribution is 9.10. The fraction of sp³-hybridized carbons (Fsp3) is 0.400. The van der Waals surface area contributed by atoms with Crippen LogP contribution < -0.4 is 21.3 Å². The number of halogens is 1. The first-order valence-electron chi connectivity index (χ1n) is 7.17. The van der Waals surface area contributed by atoms with Crippen LogP contribution in [0.5, 0.6) is 0 Å². The number of hydrogen-bond donors (Lipinski definition) is 3. The summed E-state index contributed by atoms with van der Waals surface area (Å²) in [5.74, 6) is 0. The van der Waals surface area contributed by atoms with Crippen molar-refractivity contribution in [1.29, 1.82) is 0 Å². The van der Waals surface area contributed by atoms with Crippen LogP contribution in [0.4, 0.5) is 17.1 Å². The number of benzene rings is 1. The molecular formula is C15H20BrN5S. The summed E-state index contributed by atoms with van der Waals surface area (Å²) in [6.07, 6.45) is 0. The Bertz CT molecular complexity index is 651. The van der Waals surface area contributed by atoms with Crippen LogP contribution in [0, 0.1) is 5.41 Å². The second kappa shape index (κ2) is 6.06. The molecule has 0 fully saturated rings. The van der Waals surface area contributed by atoms with Gasteiger partial charge in [0.1, 0.15) is 0 Å². The van der Waals surface area contributed by atoms with Crippen LogP contribution in [0.1, 0.15) is 26.5 Å². The quantitative estimate of drug-likeness (QED) is 0.740. The Kier molecular flexibility index (Phi) is 4.29. The molecule has 2 heterocycles. The van der Waals surface area contributed by atoms with Gasteiger partial charge in [0.2, 0.25) is 0 Å². The largest absolute Gasteiger partial charge is 0.378 e. The molecule has 0 spiro atoms. The second-order valence-corrected chi connectivity index (χ2v) is 8.05. The molecule has 5 nitrogen and oxygen atoms in total. The number of thiazole rings is 1. The third kappa shape index (κ3) is 3.37. The predicted octanol–water partition coefficient (Wildman–Crippen LogP) is 4.22. The van der Waals surface area contributed by atoms with E-state index >= 15 is 0 Å². The van der Waals surface area contributed by atoms with Gasteiger partial charge in [-0.3, -0.25) is 5.01 Å². The van der Waals surface area contributed by atoms with Gasteiger partial charge in [-0.25, -0.2) is 4.98 Å². The Morgan fingerprint density at radius 2 is 2.18 bits per heavy atom. The van der Waals surface area contributed by atoms with Crippen molar-refractivity contribution in [2.24, 2.45) is 5.41 Å². The molecule has 3 rings (SSSR count). The van der Waals surface area contributed by atoms with Crippen LogP contribution >= 0.6 is 27.3 Å². The number of fused-ring (bicyclic) bond motifs is 1. The molecule has 0 atom stereocenters. The van der Waals surface area contributed by atoms with E-state index in [1.807, 2.05) is 5.51 Å². The molecule has 1 aromatic heterocycles. The Morgan fingerprint density at radius 3 is 2.86 bits per heavy atom. The van der Waals surface area contributed by atoms with Gasteiger partial charge in [0.25, 0.3) is 0 Å². The first-order valence-corrected chi connectivity index (χ1v) is 8.90. The van der Waals surface area contributed by atoms with E-state index in [0.29, 0.717) is 0 Å². The molecule has 0 radical (unpaired) electrons. The third-order valence-corrected chi connectivity index (χ3v) is 4.76. The lowest BCUT2D eigenvalue weighted by Gasteiger charge is -2.27. The van der Waals surface area contributed by atoms with Crippen LogP contribution in [0.25, 0.3) is 0 Å². The predicted molar refractivity (Wildman–Crippen MR) is 97.1 cm³/mol. The summed E-state index contributed by atoms with van der Waals surface area (Å²) in [5.41, 5.74) is 12.9. The Balaban J connectivity index is 1.77. The Morgan fingerprint density at radius 1 is 1.36 bits per heavy atom. The van der Waals surface area contributed by atoms with Crippen molar-refractivity contribution in [3.8, 4) is 0 Å². The van der Waals surface area contributed by atoms with Crippen molar-refractivity contribution in [3.63, 3.8) is 0 Å². The van der Waals surface area contributed by atoms with E-state index in [1.54, 1.807) is 11.3 Å². The summed E-state index contributed by atoms with van der Waals surface area (Å²) in [4.78, 5) is 4.29. The van der Waals surface area contributed by atoms with E-state index in [9.17, 15) is 0 Å². The van der Waals surface area contributed by atoms with E-state index < -0.39 is 0 Å². The first kappa shape index (κ1) is 15.6. The van der Waals surface area contributed by atoms with Gasteiger partial charge >= 0.3 is 0 Å². The zero-order chi connectivity index (χ0) is 15.7. The molecule has 2 aromatic rings. The molecule has 3 N–H and O–H groups in total. The molecule has 0 amide bonds. The third-order valence-electron chi connectivity index (χ3n) is 3.30. The highest BCUT2D eigenvalue weighted by atomic mass is 79.9. The highest BCUT2D eigenvalue weighted by Gasteiger charge is 2.26. The van der Waals surface area contributed by atoms with Crippen molar-refractivity contribution in [3.05, 3.63) is 33.2 Å². The fourth-order valence-corrected chi connectivity index (χ4v) is 3.47. The van der Waals surface area contributed by atoms with Crippen molar-refractivity contribution in [2.45, 2.75) is 27.3 Å². The maximum absolute atomic E-state index is 4.29. The highest BCUT2D eigenvalue weighted by Crippen LogP contribution is 2.41. The first-order chi connectivity index (χ1) is 10.4. The lowest BCUT2D eigenvalue weighted by molar-refractivity contribution is 0.400. The molecule has 7 heteroatoms. The molecule has 0 unspecified atom stereocenters. The van der Waals surface area contributed by atoms with Gasteiger partial charge in [-0.15, -0.1) is 16.9 Å². The minimum absolute atomic E-state index is 0.213. The zero-order valence-corrected chi connectivity index (χ0v) is 15.3. The molecule has 118 valence electrons. The van der Waals surface area contributed by atoms with Crippen molar-refractivity contribution < 1.29 is 0 Å². The summed E-state index contributed by atoms with van der Waals surface area (Å²) < 4.78 is 1.03. The lowest BCUT2D eigenvalue weighted by atomic mass is 9.96. The smallest absolute Gasteiger partial charge is 0.0916 e. The van der Waals surface area contributed by atoms with Crippen molar-refractivity contribution in [1.82, 2.24) is 10.5 Å². The molecular weight excluding hydrogens is 362 g/mol. The van der Waals surface area contributed by atoms with Gasteiger partial charge in [-0.05, 0) is 33.5 Å². The molecule has 1 aliphatic heterocycles.